The normalized spacial score (nSPS) is 12.2. The second-order valence-corrected chi connectivity index (χ2v) is 6.71. The van der Waals surface area contributed by atoms with Crippen molar-refractivity contribution in [3.05, 3.63) is 42.7 Å². The van der Waals surface area contributed by atoms with Gasteiger partial charge in [-0.15, -0.1) is 0 Å². The van der Waals surface area contributed by atoms with Gasteiger partial charge < -0.3 is 16.0 Å². The number of nitrogens with one attached hydrogen (secondary N) is 2. The highest BCUT2D eigenvalue weighted by Gasteiger charge is 2.28. The largest absolute Gasteiger partial charge is 0.388 e. The summed E-state index contributed by atoms with van der Waals surface area (Å²) in [4.78, 5) is 26.4. The summed E-state index contributed by atoms with van der Waals surface area (Å²) in [5.41, 5.74) is 6.23. The van der Waals surface area contributed by atoms with Crippen LogP contribution in [-0.2, 0) is 4.79 Å². The zero-order valence-corrected chi connectivity index (χ0v) is 17.0. The quantitative estimate of drug-likeness (QED) is 0.296. The van der Waals surface area contributed by atoms with E-state index in [1.165, 1.54) is 4.90 Å². The van der Waals surface area contributed by atoms with Crippen molar-refractivity contribution in [3.8, 4) is 12.1 Å². The molecule has 0 aliphatic carbocycles. The molecule has 9 heteroatoms. The fraction of sp³-hybridized carbons (Fsp3) is 0.381. The van der Waals surface area contributed by atoms with E-state index in [0.29, 0.717) is 30.4 Å². The number of nitrogens with two attached hydrogens (primary N) is 1. The molecule has 0 saturated heterocycles. The molecule has 0 fully saturated rings. The Morgan fingerprint density at radius 3 is 2.63 bits per heavy atom. The molecule has 2 rings (SSSR count). The summed E-state index contributed by atoms with van der Waals surface area (Å²) in [6, 6.07) is 12.5. The van der Waals surface area contributed by atoms with E-state index in [-0.39, 0.29) is 12.5 Å². The molecule has 1 amide bonds. The van der Waals surface area contributed by atoms with Gasteiger partial charge in [-0.3, -0.25) is 9.79 Å². The van der Waals surface area contributed by atoms with E-state index in [4.69, 9.17) is 16.3 Å². The van der Waals surface area contributed by atoms with E-state index in [0.717, 1.165) is 12.8 Å². The first-order valence-corrected chi connectivity index (χ1v) is 9.74. The molecule has 2 aromatic rings. The number of imidazole rings is 1. The lowest BCUT2D eigenvalue weighted by Crippen LogP contribution is -2.46. The summed E-state index contributed by atoms with van der Waals surface area (Å²) in [7, 11) is 0. The molecule has 0 saturated carbocycles. The first-order valence-electron chi connectivity index (χ1n) is 9.74. The first-order chi connectivity index (χ1) is 14.6. The zero-order chi connectivity index (χ0) is 21.8. The van der Waals surface area contributed by atoms with Crippen molar-refractivity contribution in [2.24, 2.45) is 16.6 Å². The molecule has 0 aliphatic rings. The number of hydrogen-bond donors (Lipinski definition) is 3. The van der Waals surface area contributed by atoms with Crippen LogP contribution in [0.15, 0.2) is 47.7 Å². The Bertz CT molecular complexity index is 877. The lowest BCUT2D eigenvalue weighted by Gasteiger charge is -2.26. The van der Waals surface area contributed by atoms with Gasteiger partial charge in [-0.05, 0) is 38.3 Å². The number of amidine groups is 1. The molecule has 0 aliphatic heterocycles. The number of benzene rings is 1. The minimum absolute atomic E-state index is 0.101. The molecule has 30 heavy (non-hydrogen) atoms. The molecule has 0 spiro atoms. The summed E-state index contributed by atoms with van der Waals surface area (Å²) < 4.78 is 0. The van der Waals surface area contributed by atoms with Crippen LogP contribution >= 0.6 is 0 Å². The molecule has 0 bridgehead atoms. The van der Waals surface area contributed by atoms with Crippen molar-refractivity contribution in [2.75, 3.05) is 18.0 Å². The second kappa shape index (κ2) is 12.0. The van der Waals surface area contributed by atoms with Gasteiger partial charge in [0.1, 0.15) is 5.92 Å². The van der Waals surface area contributed by atoms with Gasteiger partial charge in [-0.2, -0.15) is 10.5 Å². The van der Waals surface area contributed by atoms with E-state index in [1.807, 2.05) is 42.5 Å². The van der Waals surface area contributed by atoms with Gasteiger partial charge in [-0.1, -0.05) is 18.2 Å². The molecule has 1 heterocycles. The number of hydrogen-bond acceptors (Lipinski definition) is 6. The monoisotopic (exact) mass is 406 g/mol. The fourth-order valence-corrected chi connectivity index (χ4v) is 2.87. The van der Waals surface area contributed by atoms with E-state index in [9.17, 15) is 4.79 Å². The molecule has 0 unspecified atom stereocenters. The number of H-pyrrole nitrogens is 1. The summed E-state index contributed by atoms with van der Waals surface area (Å²) in [5, 5.41) is 21.2. The van der Waals surface area contributed by atoms with Crippen molar-refractivity contribution in [2.45, 2.75) is 32.2 Å². The predicted octanol–water partition coefficient (Wildman–Crippen LogP) is 2.24. The smallest absolute Gasteiger partial charge is 0.251 e. The van der Waals surface area contributed by atoms with Gasteiger partial charge in [0.05, 0.1) is 29.7 Å². The Hall–Kier alpha value is -3.69. The van der Waals surface area contributed by atoms with Gasteiger partial charge in [-0.25, -0.2) is 9.88 Å². The Labute approximate surface area is 176 Å². The standard InChI is InChI=1S/C21H26N8O/c1-16(24)25-10-6-5-9-19(28-15-17(13-22)14-23)20(30)29(21-26-11-12-27-21)18-7-3-2-4-8-18/h2-4,7-8,11-12,17,19,28H,5-6,9-10,15H2,1H3,(H2,24,25)(H,26,27)/t19-/m0/s1. The number of anilines is 2. The Balaban J connectivity index is 2.20. The number of nitriles is 2. The Kier molecular flexibility index (Phi) is 9.04. The minimum atomic E-state index is -0.835. The van der Waals surface area contributed by atoms with Gasteiger partial charge in [0.25, 0.3) is 5.91 Å². The number of aromatic amines is 1. The average molecular weight is 406 g/mol. The van der Waals surface area contributed by atoms with Crippen LogP contribution in [0.2, 0.25) is 0 Å². The highest BCUT2D eigenvalue weighted by atomic mass is 16.2. The lowest BCUT2D eigenvalue weighted by atomic mass is 10.1. The van der Waals surface area contributed by atoms with Crippen LogP contribution in [-0.4, -0.2) is 40.8 Å². The molecule has 156 valence electrons. The highest BCUT2D eigenvalue weighted by molar-refractivity contribution is 6.02. The number of nitrogens with zero attached hydrogens (tertiary/aromatic N) is 5. The highest BCUT2D eigenvalue weighted by Crippen LogP contribution is 2.23. The fourth-order valence-electron chi connectivity index (χ4n) is 2.87. The zero-order valence-electron chi connectivity index (χ0n) is 17.0. The molecule has 0 radical (unpaired) electrons. The van der Waals surface area contributed by atoms with Crippen LogP contribution in [0, 0.1) is 28.6 Å². The summed E-state index contributed by atoms with van der Waals surface area (Å²) in [6.45, 7) is 2.42. The maximum atomic E-state index is 13.5. The number of rotatable bonds is 11. The number of carbonyl (C=O) groups is 1. The number of aliphatic imine (C=N–C) groups is 1. The van der Waals surface area contributed by atoms with E-state index in [2.05, 4.69) is 20.3 Å². The van der Waals surface area contributed by atoms with Crippen molar-refractivity contribution < 1.29 is 4.79 Å². The maximum absolute atomic E-state index is 13.5. The van der Waals surface area contributed by atoms with Gasteiger partial charge in [0.2, 0.25) is 5.95 Å². The van der Waals surface area contributed by atoms with Gasteiger partial charge >= 0.3 is 0 Å². The van der Waals surface area contributed by atoms with Crippen LogP contribution in [0.25, 0.3) is 0 Å². The predicted molar refractivity (Wildman–Crippen MR) is 115 cm³/mol. The summed E-state index contributed by atoms with van der Waals surface area (Å²) >= 11 is 0. The summed E-state index contributed by atoms with van der Waals surface area (Å²) in [5.74, 6) is -0.124. The van der Waals surface area contributed by atoms with Crippen LogP contribution in [0.1, 0.15) is 26.2 Å². The minimum Gasteiger partial charge on any atom is -0.388 e. The Morgan fingerprint density at radius 1 is 1.30 bits per heavy atom. The maximum Gasteiger partial charge on any atom is 0.251 e. The topological polar surface area (TPSA) is 147 Å². The van der Waals surface area contributed by atoms with Crippen LogP contribution < -0.4 is 16.0 Å². The third-order valence-electron chi connectivity index (χ3n) is 4.37. The van der Waals surface area contributed by atoms with E-state index >= 15 is 0 Å². The SMILES string of the molecule is CC(N)=NCCCC[C@H](NCC(C#N)C#N)C(=O)N(c1ccccc1)c1ncc[nH]1. The third kappa shape index (κ3) is 6.73. The first kappa shape index (κ1) is 22.6. The average Bonchev–Trinajstić information content (AvgIpc) is 3.27. The Morgan fingerprint density at radius 2 is 2.03 bits per heavy atom. The number of amides is 1. The van der Waals surface area contributed by atoms with Crippen LogP contribution in [0.3, 0.4) is 0 Å². The van der Waals surface area contributed by atoms with Crippen molar-refractivity contribution in [1.29, 1.82) is 10.5 Å². The molecule has 9 nitrogen and oxygen atoms in total. The number of carbonyl (C=O) groups excluding carboxylic acids is 1. The number of para-hydroxylation sites is 1. The van der Waals surface area contributed by atoms with E-state index in [1.54, 1.807) is 19.3 Å². The van der Waals surface area contributed by atoms with Crippen LogP contribution in [0.5, 0.6) is 0 Å². The van der Waals surface area contributed by atoms with Gasteiger partial charge in [0, 0.05) is 25.5 Å². The number of aromatic nitrogens is 2. The molecular formula is C21H26N8O. The molecule has 4 N–H and O–H groups in total. The molecule has 1 atom stereocenters. The van der Waals surface area contributed by atoms with Crippen molar-refractivity contribution in [1.82, 2.24) is 15.3 Å². The summed E-state index contributed by atoms with van der Waals surface area (Å²) in [6.07, 6.45) is 5.24. The van der Waals surface area contributed by atoms with Crippen molar-refractivity contribution in [3.63, 3.8) is 0 Å². The van der Waals surface area contributed by atoms with Crippen molar-refractivity contribution >= 4 is 23.4 Å². The molecule has 1 aromatic carbocycles. The van der Waals surface area contributed by atoms with Gasteiger partial charge in [0.15, 0.2) is 0 Å². The molecular weight excluding hydrogens is 380 g/mol. The van der Waals surface area contributed by atoms with Crippen LogP contribution in [0.4, 0.5) is 11.6 Å². The molecule has 1 aromatic heterocycles. The third-order valence-corrected chi connectivity index (χ3v) is 4.37. The second-order valence-electron chi connectivity index (χ2n) is 6.71. The lowest BCUT2D eigenvalue weighted by molar-refractivity contribution is -0.120. The number of unbranched alkanes of at least 4 members (excludes halogenated alkanes) is 1. The van der Waals surface area contributed by atoms with E-state index < -0.39 is 12.0 Å².